The molecule has 0 atom stereocenters. The molecule has 0 unspecified atom stereocenters. The van der Waals surface area contributed by atoms with Crippen LogP contribution in [0, 0.1) is 27.7 Å². The van der Waals surface area contributed by atoms with Crippen LogP contribution in [0.25, 0.3) is 0 Å². The third kappa shape index (κ3) is 3.19. The molecule has 3 N–H and O–H groups in total. The standard InChI is InChI=1S/C25H20Br2O6/c1-10-8-16(21(28)19(26)12(10)3)25(17-9-11(2)13(4)20(27)22(17)29)15-7-5-6-14(23(30)31)18(15)24(32)33-25/h5-9,28-29H,1-4H3,(H,30,31). The number of hydrogen-bond donors (Lipinski definition) is 3. The highest BCUT2D eigenvalue weighted by Crippen LogP contribution is 2.55. The van der Waals surface area contributed by atoms with E-state index in [4.69, 9.17) is 4.74 Å². The van der Waals surface area contributed by atoms with Crippen molar-refractivity contribution >= 4 is 43.8 Å². The lowest BCUT2D eigenvalue weighted by molar-refractivity contribution is 0.0236. The second kappa shape index (κ2) is 7.88. The van der Waals surface area contributed by atoms with E-state index < -0.39 is 17.5 Å². The van der Waals surface area contributed by atoms with E-state index in [-0.39, 0.29) is 39.3 Å². The summed E-state index contributed by atoms with van der Waals surface area (Å²) >= 11 is 6.84. The lowest BCUT2D eigenvalue weighted by Crippen LogP contribution is -2.30. The molecule has 8 heteroatoms. The third-order valence-electron chi connectivity index (χ3n) is 6.37. The van der Waals surface area contributed by atoms with Crippen molar-refractivity contribution in [2.75, 3.05) is 0 Å². The molecule has 33 heavy (non-hydrogen) atoms. The van der Waals surface area contributed by atoms with Crippen molar-refractivity contribution in [1.82, 2.24) is 0 Å². The molecule has 0 fully saturated rings. The molecule has 3 aromatic rings. The first kappa shape index (κ1) is 23.3. The fourth-order valence-corrected chi connectivity index (χ4v) is 5.35. The van der Waals surface area contributed by atoms with Gasteiger partial charge in [0.25, 0.3) is 0 Å². The van der Waals surface area contributed by atoms with Crippen LogP contribution in [0.3, 0.4) is 0 Å². The largest absolute Gasteiger partial charge is 0.506 e. The summed E-state index contributed by atoms with van der Waals surface area (Å²) in [7, 11) is 0. The van der Waals surface area contributed by atoms with Gasteiger partial charge in [0.1, 0.15) is 11.5 Å². The number of phenolic OH excluding ortho intramolecular Hbond substituents is 2. The van der Waals surface area contributed by atoms with Gasteiger partial charge in [0.05, 0.1) is 20.1 Å². The number of hydrogen-bond acceptors (Lipinski definition) is 5. The fraction of sp³-hybridized carbons (Fsp3) is 0.200. The number of rotatable bonds is 3. The molecule has 1 aliphatic heterocycles. The Morgan fingerprint density at radius 1 is 0.879 bits per heavy atom. The molecule has 0 saturated carbocycles. The molecule has 170 valence electrons. The molecule has 0 bridgehead atoms. The summed E-state index contributed by atoms with van der Waals surface area (Å²) in [5.74, 6) is -2.48. The van der Waals surface area contributed by atoms with Crippen molar-refractivity contribution in [3.8, 4) is 11.5 Å². The first-order valence-corrected chi connectivity index (χ1v) is 11.6. The first-order chi connectivity index (χ1) is 15.4. The van der Waals surface area contributed by atoms with Gasteiger partial charge in [-0.3, -0.25) is 0 Å². The van der Waals surface area contributed by atoms with Crippen LogP contribution in [0.1, 0.15) is 59.7 Å². The van der Waals surface area contributed by atoms with Gasteiger partial charge in [-0.15, -0.1) is 0 Å². The lowest BCUT2D eigenvalue weighted by atomic mass is 9.76. The van der Waals surface area contributed by atoms with E-state index in [2.05, 4.69) is 31.9 Å². The summed E-state index contributed by atoms with van der Waals surface area (Å²) in [6, 6.07) is 7.80. The Balaban J connectivity index is 2.25. The molecule has 1 aliphatic rings. The fourth-order valence-electron chi connectivity index (χ4n) is 4.29. The number of fused-ring (bicyclic) bond motifs is 1. The minimum atomic E-state index is -1.78. The predicted molar refractivity (Wildman–Crippen MR) is 129 cm³/mol. The Morgan fingerprint density at radius 2 is 1.36 bits per heavy atom. The number of benzene rings is 3. The van der Waals surface area contributed by atoms with E-state index in [1.807, 2.05) is 27.7 Å². The minimum Gasteiger partial charge on any atom is -0.506 e. The zero-order valence-corrected chi connectivity index (χ0v) is 21.4. The summed E-state index contributed by atoms with van der Waals surface area (Å²) in [4.78, 5) is 25.1. The smallest absolute Gasteiger partial charge is 0.341 e. The molecule has 0 radical (unpaired) electrons. The number of halogens is 2. The Hall–Kier alpha value is -2.84. The van der Waals surface area contributed by atoms with Gasteiger partial charge in [-0.2, -0.15) is 0 Å². The number of aryl methyl sites for hydroxylation is 2. The van der Waals surface area contributed by atoms with Crippen LogP contribution >= 0.6 is 31.9 Å². The number of carboxylic acids is 1. The second-order valence-electron chi connectivity index (χ2n) is 8.16. The van der Waals surface area contributed by atoms with Gasteiger partial charge in [0, 0.05) is 16.7 Å². The average molecular weight is 576 g/mol. The number of aromatic carboxylic acids is 1. The number of esters is 1. The van der Waals surface area contributed by atoms with E-state index in [1.165, 1.54) is 12.1 Å². The quantitative estimate of drug-likeness (QED) is 0.330. The molecule has 6 nitrogen and oxygen atoms in total. The van der Waals surface area contributed by atoms with Crippen LogP contribution in [0.2, 0.25) is 0 Å². The van der Waals surface area contributed by atoms with E-state index in [9.17, 15) is 24.9 Å². The summed E-state index contributed by atoms with van der Waals surface area (Å²) in [6.07, 6.45) is 0. The van der Waals surface area contributed by atoms with E-state index in [0.29, 0.717) is 8.95 Å². The highest BCUT2D eigenvalue weighted by atomic mass is 79.9. The van der Waals surface area contributed by atoms with Gasteiger partial charge in [0.2, 0.25) is 0 Å². The SMILES string of the molecule is Cc1cc(C2(c3cc(C)c(C)c(Br)c3O)OC(=O)c3c(C(=O)O)cccc32)c(O)c(Br)c1C. The number of carboxylic acid groups (broad SMARTS) is 1. The molecular weight excluding hydrogens is 556 g/mol. The van der Waals surface area contributed by atoms with Crippen LogP contribution in [0.5, 0.6) is 11.5 Å². The van der Waals surface area contributed by atoms with Gasteiger partial charge < -0.3 is 20.1 Å². The molecular formula is C25H20Br2O6. The molecule has 1 heterocycles. The number of carbonyl (C=O) groups is 2. The Morgan fingerprint density at radius 3 is 1.82 bits per heavy atom. The molecule has 0 spiro atoms. The zero-order chi connectivity index (χ0) is 24.4. The third-order valence-corrected chi connectivity index (χ3v) is 8.31. The Labute approximate surface area is 207 Å². The predicted octanol–water partition coefficient (Wildman–Crippen LogP) is 6.02. The topological polar surface area (TPSA) is 104 Å². The molecule has 0 aromatic heterocycles. The van der Waals surface area contributed by atoms with Crippen LogP contribution in [0.4, 0.5) is 0 Å². The van der Waals surface area contributed by atoms with Gasteiger partial charge in [-0.05, 0) is 100 Å². The summed E-state index contributed by atoms with van der Waals surface area (Å²) in [5.41, 5.74) is 1.70. The summed E-state index contributed by atoms with van der Waals surface area (Å²) in [6.45, 7) is 7.35. The van der Waals surface area contributed by atoms with Gasteiger partial charge >= 0.3 is 11.9 Å². The summed E-state index contributed by atoms with van der Waals surface area (Å²) in [5, 5.41) is 32.1. The first-order valence-electron chi connectivity index (χ1n) is 10.0. The minimum absolute atomic E-state index is 0.118. The van der Waals surface area contributed by atoms with Crippen molar-refractivity contribution in [1.29, 1.82) is 0 Å². The normalized spacial score (nSPS) is 14.2. The van der Waals surface area contributed by atoms with Gasteiger partial charge in [0.15, 0.2) is 5.60 Å². The maximum atomic E-state index is 13.2. The molecule has 0 amide bonds. The second-order valence-corrected chi connectivity index (χ2v) is 9.75. The van der Waals surface area contributed by atoms with Gasteiger partial charge in [-0.25, -0.2) is 9.59 Å². The highest BCUT2D eigenvalue weighted by Gasteiger charge is 2.53. The Kier molecular flexibility index (Phi) is 5.57. The number of aromatic hydroxyl groups is 2. The number of phenols is 2. The van der Waals surface area contributed by atoms with E-state index in [0.717, 1.165) is 22.3 Å². The van der Waals surface area contributed by atoms with Crippen LogP contribution < -0.4 is 0 Å². The van der Waals surface area contributed by atoms with Crippen molar-refractivity contribution in [2.24, 2.45) is 0 Å². The maximum Gasteiger partial charge on any atom is 0.341 e. The molecule has 0 saturated heterocycles. The summed E-state index contributed by atoms with van der Waals surface area (Å²) < 4.78 is 6.81. The van der Waals surface area contributed by atoms with Crippen molar-refractivity contribution in [3.05, 3.63) is 89.3 Å². The van der Waals surface area contributed by atoms with Crippen LogP contribution in [-0.2, 0) is 10.3 Å². The van der Waals surface area contributed by atoms with E-state index >= 15 is 0 Å². The molecule has 4 rings (SSSR count). The monoisotopic (exact) mass is 574 g/mol. The van der Waals surface area contributed by atoms with E-state index in [1.54, 1.807) is 18.2 Å². The molecule has 3 aromatic carbocycles. The maximum absolute atomic E-state index is 13.2. The number of cyclic esters (lactones) is 1. The highest BCUT2D eigenvalue weighted by molar-refractivity contribution is 9.11. The van der Waals surface area contributed by atoms with Crippen molar-refractivity contribution in [2.45, 2.75) is 33.3 Å². The Bertz CT molecular complexity index is 1310. The number of ether oxygens (including phenoxy) is 1. The van der Waals surface area contributed by atoms with Crippen molar-refractivity contribution < 1.29 is 29.6 Å². The lowest BCUT2D eigenvalue weighted by Gasteiger charge is -2.33. The van der Waals surface area contributed by atoms with Gasteiger partial charge in [-0.1, -0.05) is 12.1 Å². The molecule has 0 aliphatic carbocycles. The average Bonchev–Trinajstić information content (AvgIpc) is 3.08. The van der Waals surface area contributed by atoms with Crippen LogP contribution in [0.15, 0.2) is 39.3 Å². The van der Waals surface area contributed by atoms with Crippen LogP contribution in [-0.4, -0.2) is 27.3 Å². The number of carbonyl (C=O) groups excluding carboxylic acids is 1. The van der Waals surface area contributed by atoms with Crippen molar-refractivity contribution in [3.63, 3.8) is 0 Å². The zero-order valence-electron chi connectivity index (χ0n) is 18.2.